The van der Waals surface area contributed by atoms with Crippen LogP contribution in [0.15, 0.2) is 23.7 Å². The van der Waals surface area contributed by atoms with Crippen LogP contribution >= 0.6 is 22.9 Å². The van der Waals surface area contributed by atoms with Crippen molar-refractivity contribution < 1.29 is 4.74 Å². The normalized spacial score (nSPS) is 12.2. The molecule has 18 heavy (non-hydrogen) atoms. The van der Waals surface area contributed by atoms with Crippen LogP contribution in [0.3, 0.4) is 0 Å². The number of halogens is 1. The molecular weight excluding hydrogens is 270 g/mol. The van der Waals surface area contributed by atoms with Gasteiger partial charge in [0.2, 0.25) is 0 Å². The van der Waals surface area contributed by atoms with E-state index in [9.17, 15) is 0 Å². The number of nitrogens with one attached hydrogen (secondary N) is 1. The molecule has 0 spiro atoms. The van der Waals surface area contributed by atoms with Gasteiger partial charge in [-0.1, -0.05) is 24.6 Å². The van der Waals surface area contributed by atoms with E-state index in [1.54, 1.807) is 11.3 Å². The minimum absolute atomic E-state index is 0.196. The first-order chi connectivity index (χ1) is 8.74. The van der Waals surface area contributed by atoms with Crippen molar-refractivity contribution in [2.75, 3.05) is 12.4 Å². The van der Waals surface area contributed by atoms with Crippen molar-refractivity contribution in [1.82, 2.24) is 9.97 Å². The van der Waals surface area contributed by atoms with Crippen LogP contribution in [-0.4, -0.2) is 17.1 Å². The van der Waals surface area contributed by atoms with Crippen LogP contribution in [0.5, 0.6) is 6.01 Å². The van der Waals surface area contributed by atoms with Gasteiger partial charge in [-0.3, -0.25) is 0 Å². The molecule has 1 unspecified atom stereocenters. The minimum Gasteiger partial charge on any atom is -0.467 e. The molecule has 0 aliphatic rings. The number of anilines is 1. The number of ether oxygens (including phenoxy) is 1. The molecule has 0 aromatic carbocycles. The third-order valence-electron chi connectivity index (χ3n) is 2.51. The number of hydrogen-bond donors (Lipinski definition) is 1. The first-order valence-corrected chi connectivity index (χ1v) is 6.86. The lowest BCUT2D eigenvalue weighted by Gasteiger charge is -2.17. The van der Waals surface area contributed by atoms with E-state index in [-0.39, 0.29) is 6.04 Å². The second kappa shape index (κ2) is 6.02. The van der Waals surface area contributed by atoms with E-state index in [2.05, 4.69) is 33.7 Å². The van der Waals surface area contributed by atoms with E-state index < -0.39 is 0 Å². The molecule has 0 amide bonds. The first-order valence-electron chi connectivity index (χ1n) is 5.61. The first kappa shape index (κ1) is 13.1. The molecule has 2 aromatic rings. The number of nitrogens with zero attached hydrogens (tertiary/aromatic N) is 2. The Hall–Kier alpha value is -1.33. The smallest absolute Gasteiger partial charge is 0.318 e. The predicted molar refractivity (Wildman–Crippen MR) is 74.6 cm³/mol. The van der Waals surface area contributed by atoms with Crippen LogP contribution in [0.25, 0.3) is 0 Å². The largest absolute Gasteiger partial charge is 0.467 e. The zero-order valence-electron chi connectivity index (χ0n) is 10.2. The number of rotatable bonds is 5. The highest BCUT2D eigenvalue weighted by Crippen LogP contribution is 2.29. The highest BCUT2D eigenvalue weighted by molar-refractivity contribution is 7.10. The van der Waals surface area contributed by atoms with Gasteiger partial charge in [0.25, 0.3) is 0 Å². The van der Waals surface area contributed by atoms with Gasteiger partial charge in [0.05, 0.1) is 19.3 Å². The molecule has 0 fully saturated rings. The molecule has 0 saturated carbocycles. The van der Waals surface area contributed by atoms with Gasteiger partial charge in [0.1, 0.15) is 5.02 Å². The fraction of sp³-hybridized carbons (Fsp3) is 0.333. The molecule has 0 aliphatic heterocycles. The van der Waals surface area contributed by atoms with Crippen molar-refractivity contribution in [3.05, 3.63) is 33.6 Å². The Morgan fingerprint density at radius 3 is 3.00 bits per heavy atom. The SMILES string of the molecule is CCC(Nc1nc(OC)ncc1Cl)c1cccs1. The standard InChI is InChI=1S/C12H14ClN3OS/c1-3-9(10-5-4-6-18-10)15-11-8(13)7-14-12(16-11)17-2/h4-7,9H,3H2,1-2H3,(H,14,15,16). The quantitative estimate of drug-likeness (QED) is 0.907. The Labute approximate surface area is 115 Å². The molecule has 4 nitrogen and oxygen atoms in total. The zero-order chi connectivity index (χ0) is 13.0. The minimum atomic E-state index is 0.196. The highest BCUT2D eigenvalue weighted by atomic mass is 35.5. The zero-order valence-corrected chi connectivity index (χ0v) is 11.8. The third-order valence-corrected chi connectivity index (χ3v) is 3.77. The van der Waals surface area contributed by atoms with Gasteiger partial charge in [-0.05, 0) is 17.9 Å². The topological polar surface area (TPSA) is 47.0 Å². The van der Waals surface area contributed by atoms with Crippen LogP contribution in [0, 0.1) is 0 Å². The monoisotopic (exact) mass is 283 g/mol. The van der Waals surface area contributed by atoms with Crippen molar-refractivity contribution in [1.29, 1.82) is 0 Å². The van der Waals surface area contributed by atoms with Crippen LogP contribution < -0.4 is 10.1 Å². The fourth-order valence-corrected chi connectivity index (χ4v) is 2.59. The lowest BCUT2D eigenvalue weighted by molar-refractivity contribution is 0.380. The molecule has 2 rings (SSSR count). The number of thiophene rings is 1. The molecule has 1 N–H and O–H groups in total. The predicted octanol–water partition coefficient (Wildman–Crippen LogP) is 3.76. The summed E-state index contributed by atoms with van der Waals surface area (Å²) in [6.07, 6.45) is 2.49. The molecule has 0 radical (unpaired) electrons. The lowest BCUT2D eigenvalue weighted by Crippen LogP contribution is -2.10. The highest BCUT2D eigenvalue weighted by Gasteiger charge is 2.13. The van der Waals surface area contributed by atoms with E-state index in [4.69, 9.17) is 16.3 Å². The molecule has 1 atom stereocenters. The van der Waals surface area contributed by atoms with Gasteiger partial charge in [0, 0.05) is 4.88 Å². The molecule has 0 aliphatic carbocycles. The summed E-state index contributed by atoms with van der Waals surface area (Å²) < 4.78 is 5.00. The molecular formula is C12H14ClN3OS. The van der Waals surface area contributed by atoms with Gasteiger partial charge < -0.3 is 10.1 Å². The van der Waals surface area contributed by atoms with Crippen LogP contribution in [0.1, 0.15) is 24.3 Å². The number of methoxy groups -OCH3 is 1. The summed E-state index contributed by atoms with van der Waals surface area (Å²) in [6, 6.07) is 4.63. The van der Waals surface area contributed by atoms with E-state index in [1.807, 2.05) is 6.07 Å². The second-order valence-electron chi connectivity index (χ2n) is 3.67. The summed E-state index contributed by atoms with van der Waals surface area (Å²) in [7, 11) is 1.53. The summed E-state index contributed by atoms with van der Waals surface area (Å²) in [5.41, 5.74) is 0. The van der Waals surface area contributed by atoms with Crippen LogP contribution in [0.2, 0.25) is 5.02 Å². The van der Waals surface area contributed by atoms with Crippen molar-refractivity contribution in [3.8, 4) is 6.01 Å². The number of aromatic nitrogens is 2. The molecule has 6 heteroatoms. The molecule has 2 heterocycles. The molecule has 96 valence electrons. The van der Waals surface area contributed by atoms with Gasteiger partial charge in [0.15, 0.2) is 5.82 Å². The van der Waals surface area contributed by atoms with Crippen molar-refractivity contribution in [2.24, 2.45) is 0 Å². The Bertz CT molecular complexity index is 504. The fourth-order valence-electron chi connectivity index (χ4n) is 1.58. The Kier molecular flexibility index (Phi) is 4.38. The molecule has 0 bridgehead atoms. The maximum absolute atomic E-state index is 6.08. The Balaban J connectivity index is 2.21. The summed E-state index contributed by atoms with van der Waals surface area (Å²) >= 11 is 7.79. The average molecular weight is 284 g/mol. The summed E-state index contributed by atoms with van der Waals surface area (Å²) in [5.74, 6) is 0.601. The Morgan fingerprint density at radius 1 is 1.56 bits per heavy atom. The van der Waals surface area contributed by atoms with Gasteiger partial charge >= 0.3 is 6.01 Å². The van der Waals surface area contributed by atoms with E-state index in [1.165, 1.54) is 18.2 Å². The van der Waals surface area contributed by atoms with Gasteiger partial charge in [-0.2, -0.15) is 4.98 Å². The lowest BCUT2D eigenvalue weighted by atomic mass is 10.2. The average Bonchev–Trinajstić information content (AvgIpc) is 2.91. The number of hydrogen-bond acceptors (Lipinski definition) is 5. The van der Waals surface area contributed by atoms with E-state index >= 15 is 0 Å². The van der Waals surface area contributed by atoms with Crippen LogP contribution in [-0.2, 0) is 0 Å². The van der Waals surface area contributed by atoms with E-state index in [0.717, 1.165) is 6.42 Å². The summed E-state index contributed by atoms with van der Waals surface area (Å²) in [4.78, 5) is 9.42. The summed E-state index contributed by atoms with van der Waals surface area (Å²) in [6.45, 7) is 2.11. The summed E-state index contributed by atoms with van der Waals surface area (Å²) in [5, 5.41) is 5.87. The Morgan fingerprint density at radius 2 is 2.39 bits per heavy atom. The van der Waals surface area contributed by atoms with Crippen molar-refractivity contribution in [2.45, 2.75) is 19.4 Å². The second-order valence-corrected chi connectivity index (χ2v) is 5.06. The van der Waals surface area contributed by atoms with Crippen molar-refractivity contribution in [3.63, 3.8) is 0 Å². The third kappa shape index (κ3) is 2.91. The van der Waals surface area contributed by atoms with Crippen LogP contribution in [0.4, 0.5) is 5.82 Å². The molecule has 2 aromatic heterocycles. The van der Waals surface area contributed by atoms with Crippen molar-refractivity contribution >= 4 is 28.8 Å². The maximum atomic E-state index is 6.08. The van der Waals surface area contributed by atoms with E-state index in [0.29, 0.717) is 16.9 Å². The maximum Gasteiger partial charge on any atom is 0.318 e. The van der Waals surface area contributed by atoms with Gasteiger partial charge in [-0.15, -0.1) is 11.3 Å². The van der Waals surface area contributed by atoms with Gasteiger partial charge in [-0.25, -0.2) is 4.98 Å². The molecule has 0 saturated heterocycles.